The van der Waals surface area contributed by atoms with Gasteiger partial charge in [-0.3, -0.25) is 0 Å². The largest absolute Gasteiger partial charge is 0.409 e. The van der Waals surface area contributed by atoms with Crippen LogP contribution in [-0.2, 0) is 0 Å². The van der Waals surface area contributed by atoms with Crippen molar-refractivity contribution in [3.05, 3.63) is 12.2 Å². The van der Waals surface area contributed by atoms with E-state index < -0.39 is 0 Å². The summed E-state index contributed by atoms with van der Waals surface area (Å²) in [5.74, 6) is 0.147. The molecular weight excluding hydrogens is 130 g/mol. The minimum absolute atomic E-state index is 0.147. The Morgan fingerprint density at radius 1 is 1.70 bits per heavy atom. The summed E-state index contributed by atoms with van der Waals surface area (Å²) in [6, 6.07) is 1.93. The van der Waals surface area contributed by atoms with Crippen LogP contribution in [-0.4, -0.2) is 11.0 Å². The molecule has 0 fully saturated rings. The summed E-state index contributed by atoms with van der Waals surface area (Å²) < 4.78 is 0. The smallest absolute Gasteiger partial charge is 0.142 e. The first-order valence-electron chi connectivity index (χ1n) is 2.79. The van der Waals surface area contributed by atoms with Gasteiger partial charge in [0.15, 0.2) is 0 Å². The van der Waals surface area contributed by atoms with Crippen LogP contribution in [0.2, 0.25) is 0 Å². The molecule has 0 aromatic heterocycles. The summed E-state index contributed by atoms with van der Waals surface area (Å²) in [5, 5.41) is 18.9. The zero-order valence-corrected chi connectivity index (χ0v) is 5.49. The molecule has 10 heavy (non-hydrogen) atoms. The van der Waals surface area contributed by atoms with Gasteiger partial charge < -0.3 is 10.9 Å². The number of rotatable bonds is 3. The molecular formula is C6H9N3O. The molecule has 0 aromatic carbocycles. The lowest BCUT2D eigenvalue weighted by Crippen LogP contribution is -2.09. The quantitative estimate of drug-likeness (QED) is 0.197. The highest BCUT2D eigenvalue weighted by Gasteiger charge is 1.84. The first-order valence-corrected chi connectivity index (χ1v) is 2.79. The molecule has 0 heterocycles. The van der Waals surface area contributed by atoms with Crippen LogP contribution in [0.1, 0.15) is 12.8 Å². The van der Waals surface area contributed by atoms with Gasteiger partial charge in [-0.25, -0.2) is 0 Å². The second-order valence-electron chi connectivity index (χ2n) is 1.63. The van der Waals surface area contributed by atoms with Crippen molar-refractivity contribution in [2.24, 2.45) is 10.9 Å². The lowest BCUT2D eigenvalue weighted by Gasteiger charge is -1.87. The summed E-state index contributed by atoms with van der Waals surface area (Å²) in [6.45, 7) is 0. The molecule has 0 aliphatic heterocycles. The van der Waals surface area contributed by atoms with Crippen LogP contribution in [0.15, 0.2) is 17.3 Å². The van der Waals surface area contributed by atoms with Gasteiger partial charge in [-0.15, -0.1) is 0 Å². The Balaban J connectivity index is 3.46. The van der Waals surface area contributed by atoms with E-state index in [0.717, 1.165) is 0 Å². The van der Waals surface area contributed by atoms with Crippen LogP contribution in [0.5, 0.6) is 0 Å². The van der Waals surface area contributed by atoms with E-state index in [1.165, 1.54) is 0 Å². The number of oxime groups is 1. The summed E-state index contributed by atoms with van der Waals surface area (Å²) in [6.07, 6.45) is 4.09. The van der Waals surface area contributed by atoms with E-state index in [1.54, 1.807) is 12.2 Å². The summed E-state index contributed by atoms with van der Waals surface area (Å²) in [4.78, 5) is 0. The van der Waals surface area contributed by atoms with Gasteiger partial charge in [0, 0.05) is 6.42 Å². The summed E-state index contributed by atoms with van der Waals surface area (Å²) in [5.41, 5.74) is 5.12. The number of nitrogens with zero attached hydrogens (tertiary/aromatic N) is 2. The van der Waals surface area contributed by atoms with Crippen molar-refractivity contribution >= 4 is 5.84 Å². The topological polar surface area (TPSA) is 82.4 Å². The molecule has 0 atom stereocenters. The highest BCUT2D eigenvalue weighted by Crippen LogP contribution is 1.85. The Morgan fingerprint density at radius 2 is 2.40 bits per heavy atom. The van der Waals surface area contributed by atoms with Gasteiger partial charge in [0.25, 0.3) is 0 Å². The molecule has 0 aliphatic rings. The zero-order valence-electron chi connectivity index (χ0n) is 5.49. The lowest BCUT2D eigenvalue weighted by atomic mass is 10.3. The molecule has 0 rings (SSSR count). The number of hydrogen-bond acceptors (Lipinski definition) is 3. The summed E-state index contributed by atoms with van der Waals surface area (Å²) in [7, 11) is 0. The van der Waals surface area contributed by atoms with Crippen molar-refractivity contribution in [2.45, 2.75) is 12.8 Å². The molecule has 0 aromatic rings. The first kappa shape index (κ1) is 8.50. The Morgan fingerprint density at radius 3 is 2.90 bits per heavy atom. The predicted molar refractivity (Wildman–Crippen MR) is 37.4 cm³/mol. The minimum Gasteiger partial charge on any atom is -0.409 e. The van der Waals surface area contributed by atoms with Gasteiger partial charge in [-0.2, -0.15) is 5.26 Å². The summed E-state index contributed by atoms with van der Waals surface area (Å²) >= 11 is 0. The second kappa shape index (κ2) is 5.63. The van der Waals surface area contributed by atoms with Gasteiger partial charge in [-0.1, -0.05) is 17.3 Å². The van der Waals surface area contributed by atoms with E-state index >= 15 is 0 Å². The molecule has 0 unspecified atom stereocenters. The standard InChI is InChI=1S/C6H9N3O/c7-5-3-1-2-4-6(8)9-10/h1-2,10H,3-4H2,(H2,8,9)/b2-1+. The molecule has 0 amide bonds. The van der Waals surface area contributed by atoms with Gasteiger partial charge in [0.1, 0.15) is 5.84 Å². The Kier molecular flexibility index (Phi) is 4.79. The lowest BCUT2D eigenvalue weighted by molar-refractivity contribution is 0.317. The highest BCUT2D eigenvalue weighted by molar-refractivity contribution is 5.80. The van der Waals surface area contributed by atoms with Crippen LogP contribution >= 0.6 is 0 Å². The maximum atomic E-state index is 8.08. The molecule has 3 N–H and O–H groups in total. The van der Waals surface area contributed by atoms with Crippen molar-refractivity contribution in [3.8, 4) is 6.07 Å². The van der Waals surface area contributed by atoms with Crippen LogP contribution < -0.4 is 5.73 Å². The van der Waals surface area contributed by atoms with Crippen molar-refractivity contribution in [2.75, 3.05) is 0 Å². The van der Waals surface area contributed by atoms with E-state index in [2.05, 4.69) is 5.16 Å². The van der Waals surface area contributed by atoms with Crippen molar-refractivity contribution in [1.29, 1.82) is 5.26 Å². The SMILES string of the molecule is N#CC/C=C/C/C(N)=N\O. The highest BCUT2D eigenvalue weighted by atomic mass is 16.4. The third-order valence-corrected chi connectivity index (χ3v) is 0.831. The van der Waals surface area contributed by atoms with E-state index in [4.69, 9.17) is 16.2 Å². The fraction of sp³-hybridized carbons (Fsp3) is 0.333. The van der Waals surface area contributed by atoms with E-state index in [9.17, 15) is 0 Å². The molecule has 0 radical (unpaired) electrons. The van der Waals surface area contributed by atoms with Crippen LogP contribution in [0.3, 0.4) is 0 Å². The molecule has 54 valence electrons. The number of hydrogen-bond donors (Lipinski definition) is 2. The van der Waals surface area contributed by atoms with Crippen LogP contribution in [0.4, 0.5) is 0 Å². The molecule has 0 spiro atoms. The fourth-order valence-corrected chi connectivity index (χ4v) is 0.381. The van der Waals surface area contributed by atoms with Gasteiger partial charge in [-0.05, 0) is 0 Å². The van der Waals surface area contributed by atoms with E-state index in [-0.39, 0.29) is 5.84 Å². The molecule has 0 saturated carbocycles. The molecule has 0 saturated heterocycles. The third kappa shape index (κ3) is 4.65. The number of nitrogens with two attached hydrogens (primary N) is 1. The number of nitriles is 1. The van der Waals surface area contributed by atoms with Crippen LogP contribution in [0, 0.1) is 11.3 Å². The predicted octanol–water partition coefficient (Wildman–Crippen LogP) is 0.593. The maximum absolute atomic E-state index is 8.08. The molecule has 0 aliphatic carbocycles. The molecule has 0 bridgehead atoms. The Hall–Kier alpha value is -1.50. The average molecular weight is 139 g/mol. The average Bonchev–Trinajstić information content (AvgIpc) is 1.98. The Labute approximate surface area is 59.3 Å². The monoisotopic (exact) mass is 139 g/mol. The maximum Gasteiger partial charge on any atom is 0.142 e. The van der Waals surface area contributed by atoms with E-state index in [1.807, 2.05) is 6.07 Å². The minimum atomic E-state index is 0.147. The van der Waals surface area contributed by atoms with Gasteiger partial charge >= 0.3 is 0 Å². The molecule has 4 heteroatoms. The number of allylic oxidation sites excluding steroid dienone is 1. The Bertz CT molecular complexity index is 178. The van der Waals surface area contributed by atoms with Crippen molar-refractivity contribution in [3.63, 3.8) is 0 Å². The van der Waals surface area contributed by atoms with E-state index in [0.29, 0.717) is 12.8 Å². The third-order valence-electron chi connectivity index (χ3n) is 0.831. The van der Waals surface area contributed by atoms with Crippen molar-refractivity contribution < 1.29 is 5.21 Å². The fourth-order valence-electron chi connectivity index (χ4n) is 0.381. The van der Waals surface area contributed by atoms with Crippen LogP contribution in [0.25, 0.3) is 0 Å². The van der Waals surface area contributed by atoms with Crippen molar-refractivity contribution in [1.82, 2.24) is 0 Å². The zero-order chi connectivity index (χ0) is 7.82. The normalized spacial score (nSPS) is 11.7. The van der Waals surface area contributed by atoms with Gasteiger partial charge in [0.05, 0.1) is 12.5 Å². The molecule has 4 nitrogen and oxygen atoms in total. The first-order chi connectivity index (χ1) is 4.81. The second-order valence-corrected chi connectivity index (χ2v) is 1.63. The number of amidine groups is 1. The van der Waals surface area contributed by atoms with Gasteiger partial charge in [0.2, 0.25) is 0 Å².